The number of hydrogen-bond acceptors (Lipinski definition) is 4. The first kappa shape index (κ1) is 33.2. The van der Waals surface area contributed by atoms with Crippen molar-refractivity contribution in [1.29, 1.82) is 0 Å². The van der Waals surface area contributed by atoms with Gasteiger partial charge in [-0.05, 0) is 66.8 Å². The molecule has 0 saturated heterocycles. The molecule has 0 aliphatic heterocycles. The van der Waals surface area contributed by atoms with Gasteiger partial charge in [0.1, 0.15) is 12.6 Å². The van der Waals surface area contributed by atoms with E-state index in [4.69, 9.17) is 11.6 Å². The largest absolute Gasteiger partial charge is 0.352 e. The van der Waals surface area contributed by atoms with E-state index >= 15 is 0 Å². The van der Waals surface area contributed by atoms with Gasteiger partial charge in [0.2, 0.25) is 11.8 Å². The summed E-state index contributed by atoms with van der Waals surface area (Å²) in [5.74, 6) is -0.715. The summed E-state index contributed by atoms with van der Waals surface area (Å²) < 4.78 is 29.5. The third-order valence-corrected chi connectivity index (χ3v) is 10.5. The summed E-state index contributed by atoms with van der Waals surface area (Å²) in [6.07, 6.45) is 5.33. The van der Waals surface area contributed by atoms with Crippen molar-refractivity contribution in [2.24, 2.45) is 0 Å². The number of nitrogens with zero attached hydrogens (tertiary/aromatic N) is 2. The van der Waals surface area contributed by atoms with Crippen LogP contribution in [0.1, 0.15) is 48.8 Å². The fourth-order valence-electron chi connectivity index (χ4n) is 5.97. The highest BCUT2D eigenvalue weighted by Crippen LogP contribution is 2.28. The smallest absolute Gasteiger partial charge is 0.264 e. The lowest BCUT2D eigenvalue weighted by Gasteiger charge is -2.35. The van der Waals surface area contributed by atoms with E-state index in [9.17, 15) is 18.0 Å². The Labute approximate surface area is 277 Å². The molecule has 1 N–H and O–H groups in total. The van der Waals surface area contributed by atoms with Crippen LogP contribution in [-0.4, -0.2) is 43.8 Å². The van der Waals surface area contributed by atoms with E-state index in [0.717, 1.165) is 47.5 Å². The molecule has 4 aromatic carbocycles. The monoisotopic (exact) mass is 657 g/mol. The number of para-hydroxylation sites is 1. The number of carbonyl (C=O) groups is 2. The van der Waals surface area contributed by atoms with Crippen molar-refractivity contribution in [3.05, 3.63) is 131 Å². The van der Waals surface area contributed by atoms with Gasteiger partial charge in [0.15, 0.2) is 0 Å². The number of aryl methyl sites for hydroxylation is 1. The molecule has 1 unspecified atom stereocenters. The lowest BCUT2D eigenvalue weighted by molar-refractivity contribution is -0.140. The van der Waals surface area contributed by atoms with Crippen LogP contribution in [0.4, 0.5) is 5.69 Å². The Morgan fingerprint density at radius 2 is 1.39 bits per heavy atom. The number of carbonyl (C=O) groups excluding carboxylic acids is 2. The summed E-state index contributed by atoms with van der Waals surface area (Å²) in [6, 6.07) is 31.2. The maximum Gasteiger partial charge on any atom is 0.264 e. The number of rotatable bonds is 12. The standard InChI is InChI=1S/C37H40ClN3O4S/c1-28-13-11-12-20-34(28)41(46(44,45)33-23-21-31(38)22-24-33)27-36(42)40(26-30-16-7-3-8-17-30)35(25-29-14-5-2-6-15-29)37(43)39-32-18-9-4-10-19-32/h2-3,5-8,11-17,20-24,32,35H,4,9-10,18-19,25-27H2,1H3,(H,39,43). The first-order valence-electron chi connectivity index (χ1n) is 15.7. The van der Waals surface area contributed by atoms with Crippen molar-refractivity contribution in [3.8, 4) is 0 Å². The molecule has 7 nitrogen and oxygen atoms in total. The highest BCUT2D eigenvalue weighted by atomic mass is 35.5. The molecule has 4 aromatic rings. The van der Waals surface area contributed by atoms with Gasteiger partial charge in [-0.15, -0.1) is 0 Å². The fraction of sp³-hybridized carbons (Fsp3) is 0.297. The Morgan fingerprint density at radius 3 is 2.02 bits per heavy atom. The van der Waals surface area contributed by atoms with Crippen molar-refractivity contribution < 1.29 is 18.0 Å². The highest BCUT2D eigenvalue weighted by Gasteiger charge is 2.35. The van der Waals surface area contributed by atoms with Crippen LogP contribution in [0.25, 0.3) is 0 Å². The zero-order valence-electron chi connectivity index (χ0n) is 26.0. The molecule has 0 aromatic heterocycles. The Hall–Kier alpha value is -4.14. The van der Waals surface area contributed by atoms with Gasteiger partial charge in [0.05, 0.1) is 10.6 Å². The molecule has 1 aliphatic rings. The summed E-state index contributed by atoms with van der Waals surface area (Å²) in [6.45, 7) is 1.45. The maximum atomic E-state index is 14.6. The lowest BCUT2D eigenvalue weighted by atomic mass is 9.94. The van der Waals surface area contributed by atoms with Crippen molar-refractivity contribution in [2.45, 2.75) is 69.0 Å². The van der Waals surface area contributed by atoms with E-state index < -0.39 is 28.5 Å². The zero-order valence-corrected chi connectivity index (χ0v) is 27.6. The Balaban J connectivity index is 1.55. The molecule has 1 atom stereocenters. The summed E-state index contributed by atoms with van der Waals surface area (Å²) in [5, 5.41) is 3.64. The molecule has 5 rings (SSSR count). The summed E-state index contributed by atoms with van der Waals surface area (Å²) in [5.41, 5.74) is 2.82. The van der Waals surface area contributed by atoms with Gasteiger partial charge in [0.25, 0.3) is 10.0 Å². The van der Waals surface area contributed by atoms with Crippen molar-refractivity contribution >= 4 is 39.1 Å². The molecular formula is C37H40ClN3O4S. The molecule has 1 fully saturated rings. The second-order valence-corrected chi connectivity index (χ2v) is 14.1. The van der Waals surface area contributed by atoms with Gasteiger partial charge >= 0.3 is 0 Å². The molecule has 9 heteroatoms. The van der Waals surface area contributed by atoms with Crippen molar-refractivity contribution in [1.82, 2.24) is 10.2 Å². The zero-order chi connectivity index (χ0) is 32.5. The van der Waals surface area contributed by atoms with Gasteiger partial charge in [-0.2, -0.15) is 0 Å². The first-order valence-corrected chi connectivity index (χ1v) is 17.6. The normalized spacial score (nSPS) is 14.3. The van der Waals surface area contributed by atoms with Crippen LogP contribution in [0.2, 0.25) is 5.02 Å². The molecule has 240 valence electrons. The molecule has 0 radical (unpaired) electrons. The molecular weight excluding hydrogens is 618 g/mol. The second-order valence-electron chi connectivity index (χ2n) is 11.8. The van der Waals surface area contributed by atoms with Crippen LogP contribution in [0.3, 0.4) is 0 Å². The van der Waals surface area contributed by atoms with Gasteiger partial charge in [-0.25, -0.2) is 8.42 Å². The fourth-order valence-corrected chi connectivity index (χ4v) is 7.57. The molecule has 0 heterocycles. The van der Waals surface area contributed by atoms with E-state index in [1.54, 1.807) is 17.0 Å². The molecule has 0 spiro atoms. The molecule has 46 heavy (non-hydrogen) atoms. The van der Waals surface area contributed by atoms with Crippen LogP contribution < -0.4 is 9.62 Å². The van der Waals surface area contributed by atoms with Gasteiger partial charge in [-0.3, -0.25) is 13.9 Å². The molecule has 0 bridgehead atoms. The van der Waals surface area contributed by atoms with E-state index in [-0.39, 0.29) is 29.8 Å². The van der Waals surface area contributed by atoms with Crippen LogP contribution in [0, 0.1) is 6.92 Å². The minimum absolute atomic E-state index is 0.0124. The summed E-state index contributed by atoms with van der Waals surface area (Å²) in [4.78, 5) is 30.3. The molecule has 1 saturated carbocycles. The van der Waals surface area contributed by atoms with Gasteiger partial charge < -0.3 is 10.2 Å². The van der Waals surface area contributed by atoms with Crippen LogP contribution >= 0.6 is 11.6 Å². The Kier molecular flexibility index (Phi) is 11.1. The van der Waals surface area contributed by atoms with Crippen molar-refractivity contribution in [3.63, 3.8) is 0 Å². The average molecular weight is 658 g/mol. The quantitative estimate of drug-likeness (QED) is 0.179. The number of nitrogens with one attached hydrogen (secondary N) is 1. The van der Waals surface area contributed by atoms with Crippen LogP contribution in [-0.2, 0) is 32.6 Å². The van der Waals surface area contributed by atoms with E-state index in [1.807, 2.05) is 79.7 Å². The predicted octanol–water partition coefficient (Wildman–Crippen LogP) is 6.93. The summed E-state index contributed by atoms with van der Waals surface area (Å²) >= 11 is 6.08. The van der Waals surface area contributed by atoms with E-state index in [1.165, 1.54) is 24.3 Å². The third-order valence-electron chi connectivity index (χ3n) is 8.48. The second kappa shape index (κ2) is 15.4. The maximum absolute atomic E-state index is 14.6. The van der Waals surface area contributed by atoms with E-state index in [0.29, 0.717) is 16.3 Å². The lowest BCUT2D eigenvalue weighted by Crippen LogP contribution is -2.55. The average Bonchev–Trinajstić information content (AvgIpc) is 3.07. The number of sulfonamides is 1. The van der Waals surface area contributed by atoms with E-state index in [2.05, 4.69) is 5.32 Å². The Bertz CT molecular complexity index is 1710. The SMILES string of the molecule is Cc1ccccc1N(CC(=O)N(Cc1ccccc1)C(Cc1ccccc1)C(=O)NC1CCCCC1)S(=O)(=O)c1ccc(Cl)cc1. The van der Waals surface area contributed by atoms with Crippen molar-refractivity contribution in [2.75, 3.05) is 10.8 Å². The Morgan fingerprint density at radius 1 is 0.804 bits per heavy atom. The first-order chi connectivity index (χ1) is 22.2. The number of benzene rings is 4. The molecule has 2 amide bonds. The van der Waals surface area contributed by atoms with Crippen LogP contribution in [0.5, 0.6) is 0 Å². The number of anilines is 1. The highest BCUT2D eigenvalue weighted by molar-refractivity contribution is 7.92. The predicted molar refractivity (Wildman–Crippen MR) is 183 cm³/mol. The number of amides is 2. The van der Waals surface area contributed by atoms with Crippen LogP contribution in [0.15, 0.2) is 114 Å². The van der Waals surface area contributed by atoms with Gasteiger partial charge in [-0.1, -0.05) is 110 Å². The molecule has 1 aliphatic carbocycles. The van der Waals surface area contributed by atoms with Gasteiger partial charge in [0, 0.05) is 24.0 Å². The third kappa shape index (κ3) is 8.36. The number of halogens is 1. The topological polar surface area (TPSA) is 86.8 Å². The minimum atomic E-state index is -4.20. The summed E-state index contributed by atoms with van der Waals surface area (Å²) in [7, 11) is -4.20. The number of hydrogen-bond donors (Lipinski definition) is 1. The minimum Gasteiger partial charge on any atom is -0.352 e.